The highest BCUT2D eigenvalue weighted by molar-refractivity contribution is 7.89. The summed E-state index contributed by atoms with van der Waals surface area (Å²) in [5.41, 5.74) is 3.33. The first-order valence-corrected chi connectivity index (χ1v) is 11.8. The maximum atomic E-state index is 12.8. The number of piperidine rings is 1. The van der Waals surface area contributed by atoms with Gasteiger partial charge in [0.15, 0.2) is 0 Å². The van der Waals surface area contributed by atoms with E-state index in [4.69, 9.17) is 4.74 Å². The number of nitrogens with zero attached hydrogens (tertiary/aromatic N) is 1. The number of hydrogen-bond donors (Lipinski definition) is 1. The van der Waals surface area contributed by atoms with Crippen molar-refractivity contribution in [3.8, 4) is 5.75 Å². The Balaban J connectivity index is 1.50. The molecule has 0 aliphatic carbocycles. The molecule has 6 heteroatoms. The van der Waals surface area contributed by atoms with Gasteiger partial charge in [0, 0.05) is 13.1 Å². The number of hydrogen-bond acceptors (Lipinski definition) is 4. The van der Waals surface area contributed by atoms with Gasteiger partial charge in [-0.15, -0.1) is 0 Å². The van der Waals surface area contributed by atoms with Gasteiger partial charge in [-0.1, -0.05) is 30.3 Å². The monoisotopic (exact) mass is 416 g/mol. The summed E-state index contributed by atoms with van der Waals surface area (Å²) in [6.07, 6.45) is 3.09. The molecular formula is C23H32N2O3S. The zero-order valence-corrected chi connectivity index (χ0v) is 18.5. The van der Waals surface area contributed by atoms with Gasteiger partial charge in [-0.3, -0.25) is 0 Å². The average Bonchev–Trinajstić information content (AvgIpc) is 2.74. The predicted octanol–water partition coefficient (Wildman–Crippen LogP) is 3.55. The number of benzene rings is 2. The van der Waals surface area contributed by atoms with Gasteiger partial charge in [0.1, 0.15) is 10.6 Å². The van der Waals surface area contributed by atoms with E-state index < -0.39 is 10.0 Å². The minimum atomic E-state index is -3.59. The van der Waals surface area contributed by atoms with Crippen LogP contribution in [0.2, 0.25) is 0 Å². The molecule has 1 saturated heterocycles. The highest BCUT2D eigenvalue weighted by Gasteiger charge is 2.24. The molecule has 0 aromatic heterocycles. The van der Waals surface area contributed by atoms with E-state index in [1.165, 1.54) is 12.7 Å². The first-order chi connectivity index (χ1) is 13.9. The summed E-state index contributed by atoms with van der Waals surface area (Å²) < 4.78 is 33.8. The van der Waals surface area contributed by atoms with E-state index in [1.807, 2.05) is 19.9 Å². The Morgan fingerprint density at radius 3 is 2.38 bits per heavy atom. The molecule has 5 nitrogen and oxygen atoms in total. The number of nitrogens with one attached hydrogen (secondary N) is 1. The second-order valence-electron chi connectivity index (χ2n) is 7.96. The fraction of sp³-hybridized carbons (Fsp3) is 0.478. The summed E-state index contributed by atoms with van der Waals surface area (Å²) >= 11 is 0. The van der Waals surface area contributed by atoms with Crippen molar-refractivity contribution < 1.29 is 13.2 Å². The molecule has 3 rings (SSSR count). The highest BCUT2D eigenvalue weighted by Crippen LogP contribution is 2.27. The zero-order valence-electron chi connectivity index (χ0n) is 17.6. The summed E-state index contributed by atoms with van der Waals surface area (Å²) in [6, 6.07) is 14.0. The highest BCUT2D eigenvalue weighted by atomic mass is 32.2. The van der Waals surface area contributed by atoms with Crippen LogP contribution >= 0.6 is 0 Å². The van der Waals surface area contributed by atoms with E-state index in [9.17, 15) is 8.42 Å². The van der Waals surface area contributed by atoms with Crippen molar-refractivity contribution in [2.45, 2.75) is 38.0 Å². The van der Waals surface area contributed by atoms with Crippen LogP contribution in [0.5, 0.6) is 5.75 Å². The number of ether oxygens (including phenoxy) is 1. The maximum absolute atomic E-state index is 12.8. The zero-order chi connectivity index (χ0) is 20.9. The van der Waals surface area contributed by atoms with Crippen molar-refractivity contribution in [1.29, 1.82) is 0 Å². The second-order valence-corrected chi connectivity index (χ2v) is 9.70. The smallest absolute Gasteiger partial charge is 0.244 e. The molecule has 1 aliphatic rings. The lowest BCUT2D eigenvalue weighted by Gasteiger charge is -2.32. The summed E-state index contributed by atoms with van der Waals surface area (Å²) in [5.74, 6) is 0.770. The third kappa shape index (κ3) is 5.81. The first-order valence-electron chi connectivity index (χ1n) is 10.3. The van der Waals surface area contributed by atoms with Crippen molar-refractivity contribution in [3.05, 3.63) is 59.2 Å². The number of likely N-dealkylation sites (tertiary alicyclic amines) is 1. The average molecular weight is 417 g/mol. The van der Waals surface area contributed by atoms with Crippen molar-refractivity contribution >= 4 is 10.0 Å². The van der Waals surface area contributed by atoms with Crippen LogP contribution in [0.15, 0.2) is 47.4 Å². The normalized spacial score (nSPS) is 16.1. The van der Waals surface area contributed by atoms with E-state index >= 15 is 0 Å². The van der Waals surface area contributed by atoms with E-state index in [-0.39, 0.29) is 4.90 Å². The van der Waals surface area contributed by atoms with Gasteiger partial charge in [-0.2, -0.15) is 0 Å². The topological polar surface area (TPSA) is 58.6 Å². The van der Waals surface area contributed by atoms with Crippen LogP contribution in [-0.4, -0.2) is 46.6 Å². The molecule has 0 saturated carbocycles. The summed E-state index contributed by atoms with van der Waals surface area (Å²) in [7, 11) is -2.08. The van der Waals surface area contributed by atoms with Gasteiger partial charge in [-0.05, 0) is 80.9 Å². The van der Waals surface area contributed by atoms with Gasteiger partial charge in [0.2, 0.25) is 10.0 Å². The van der Waals surface area contributed by atoms with Gasteiger partial charge < -0.3 is 9.64 Å². The molecule has 0 unspecified atom stereocenters. The van der Waals surface area contributed by atoms with Gasteiger partial charge in [-0.25, -0.2) is 13.1 Å². The Labute approximate surface area is 175 Å². The molecular weight excluding hydrogens is 384 g/mol. The van der Waals surface area contributed by atoms with E-state index in [0.29, 0.717) is 18.2 Å². The van der Waals surface area contributed by atoms with Crippen LogP contribution in [0.25, 0.3) is 0 Å². The Kier molecular flexibility index (Phi) is 7.33. The summed E-state index contributed by atoms with van der Waals surface area (Å²) in [5, 5.41) is 0. The third-order valence-electron chi connectivity index (χ3n) is 5.90. The van der Waals surface area contributed by atoms with Crippen molar-refractivity contribution in [2.24, 2.45) is 5.92 Å². The molecule has 0 radical (unpaired) electrons. The molecule has 0 atom stereocenters. The third-order valence-corrected chi connectivity index (χ3v) is 7.34. The fourth-order valence-electron chi connectivity index (χ4n) is 3.78. The Bertz CT molecular complexity index is 905. The lowest BCUT2D eigenvalue weighted by Crippen LogP contribution is -2.39. The van der Waals surface area contributed by atoms with Crippen molar-refractivity contribution in [3.63, 3.8) is 0 Å². The molecule has 1 fully saturated rings. The molecule has 1 aliphatic heterocycles. The molecule has 2 aromatic rings. The maximum Gasteiger partial charge on any atom is 0.244 e. The molecule has 158 valence electrons. The molecule has 0 bridgehead atoms. The molecule has 1 N–H and O–H groups in total. The van der Waals surface area contributed by atoms with Gasteiger partial charge in [0.25, 0.3) is 0 Å². The number of sulfonamides is 1. The largest absolute Gasteiger partial charge is 0.495 e. The first kappa shape index (κ1) is 21.8. The van der Waals surface area contributed by atoms with Gasteiger partial charge in [0.05, 0.1) is 7.11 Å². The minimum absolute atomic E-state index is 0.225. The van der Waals surface area contributed by atoms with Crippen molar-refractivity contribution in [2.75, 3.05) is 33.3 Å². The standard InChI is InChI=1S/C23H32N2O3S/c1-18-15-22(28-3)23(16-19(18)2)29(26,27)24-17-21-10-13-25(14-11-21)12-9-20-7-5-4-6-8-20/h4-8,15-16,21,24H,9-14,17H2,1-3H3. The van der Waals surface area contributed by atoms with Crippen LogP contribution in [0.3, 0.4) is 0 Å². The Morgan fingerprint density at radius 1 is 1.07 bits per heavy atom. The summed E-state index contributed by atoms with van der Waals surface area (Å²) in [6.45, 7) is 7.44. The van der Waals surface area contributed by atoms with Crippen LogP contribution in [0.1, 0.15) is 29.5 Å². The second kappa shape index (κ2) is 9.74. The molecule has 29 heavy (non-hydrogen) atoms. The lowest BCUT2D eigenvalue weighted by molar-refractivity contribution is 0.187. The SMILES string of the molecule is COc1cc(C)c(C)cc1S(=O)(=O)NCC1CCN(CCc2ccccc2)CC1. The Hall–Kier alpha value is -1.89. The molecule has 2 aromatic carbocycles. The summed E-state index contributed by atoms with van der Waals surface area (Å²) in [4.78, 5) is 2.70. The number of rotatable bonds is 8. The van der Waals surface area contributed by atoms with Crippen LogP contribution in [0.4, 0.5) is 0 Å². The quantitative estimate of drug-likeness (QED) is 0.715. The van der Waals surface area contributed by atoms with Crippen LogP contribution in [-0.2, 0) is 16.4 Å². The minimum Gasteiger partial charge on any atom is -0.495 e. The van der Waals surface area contributed by atoms with E-state index in [0.717, 1.165) is 50.0 Å². The Morgan fingerprint density at radius 2 is 1.72 bits per heavy atom. The number of aryl methyl sites for hydroxylation is 2. The number of methoxy groups -OCH3 is 1. The predicted molar refractivity (Wildman–Crippen MR) is 117 cm³/mol. The van der Waals surface area contributed by atoms with Gasteiger partial charge >= 0.3 is 0 Å². The lowest BCUT2D eigenvalue weighted by atomic mass is 9.97. The molecule has 1 heterocycles. The molecule has 0 spiro atoms. The van der Waals surface area contributed by atoms with Crippen LogP contribution in [0, 0.1) is 19.8 Å². The van der Waals surface area contributed by atoms with E-state index in [2.05, 4.69) is 33.9 Å². The fourth-order valence-corrected chi connectivity index (χ4v) is 5.13. The van der Waals surface area contributed by atoms with E-state index in [1.54, 1.807) is 12.1 Å². The van der Waals surface area contributed by atoms with Crippen LogP contribution < -0.4 is 9.46 Å². The van der Waals surface area contributed by atoms with Crippen molar-refractivity contribution in [1.82, 2.24) is 9.62 Å². The molecule has 0 amide bonds.